The Morgan fingerprint density at radius 3 is 2.58 bits per heavy atom. The molecule has 1 N–H and O–H groups in total. The summed E-state index contributed by atoms with van der Waals surface area (Å²) in [7, 11) is 0. The molecule has 102 valence electrons. The molecule has 0 bridgehead atoms. The van der Waals surface area contributed by atoms with Gasteiger partial charge in [0.05, 0.1) is 17.7 Å². The fourth-order valence-electron chi connectivity index (χ4n) is 3.18. The summed E-state index contributed by atoms with van der Waals surface area (Å²) in [6, 6.07) is 1.69. The van der Waals surface area contributed by atoms with Gasteiger partial charge >= 0.3 is 5.97 Å². The van der Waals surface area contributed by atoms with E-state index in [1.165, 1.54) is 6.26 Å². The topological polar surface area (TPSA) is 70.8 Å². The van der Waals surface area contributed by atoms with Gasteiger partial charge < -0.3 is 14.4 Å². The van der Waals surface area contributed by atoms with E-state index < -0.39 is 5.97 Å². The standard InChI is InChI=1S/C14H17NO4/c1-9-10(2-7-19-9)12(16)15-5-3-14(4-6-15)8-11(14)13(17)18/h2,7,11H,3-6,8H2,1H3,(H,17,18). The van der Waals surface area contributed by atoms with E-state index in [4.69, 9.17) is 9.52 Å². The van der Waals surface area contributed by atoms with Crippen LogP contribution in [-0.2, 0) is 4.79 Å². The molecule has 1 aliphatic heterocycles. The van der Waals surface area contributed by atoms with Crippen molar-refractivity contribution in [2.24, 2.45) is 11.3 Å². The molecule has 1 aromatic heterocycles. The molecule has 5 nitrogen and oxygen atoms in total. The maximum Gasteiger partial charge on any atom is 0.307 e. The van der Waals surface area contributed by atoms with Gasteiger partial charge in [-0.2, -0.15) is 0 Å². The Bertz CT molecular complexity index is 525. The van der Waals surface area contributed by atoms with E-state index in [0.717, 1.165) is 19.3 Å². The molecule has 0 aromatic carbocycles. The predicted octanol–water partition coefficient (Wildman–Crippen LogP) is 1.91. The quantitative estimate of drug-likeness (QED) is 0.884. The van der Waals surface area contributed by atoms with Crippen molar-refractivity contribution in [3.8, 4) is 0 Å². The van der Waals surface area contributed by atoms with Gasteiger partial charge in [-0.3, -0.25) is 9.59 Å². The minimum Gasteiger partial charge on any atom is -0.481 e. The van der Waals surface area contributed by atoms with Gasteiger partial charge in [-0.15, -0.1) is 0 Å². The highest BCUT2D eigenvalue weighted by Crippen LogP contribution is 2.59. The van der Waals surface area contributed by atoms with Crippen LogP contribution < -0.4 is 0 Å². The zero-order valence-corrected chi connectivity index (χ0v) is 10.9. The van der Waals surface area contributed by atoms with Crippen LogP contribution in [-0.4, -0.2) is 35.0 Å². The van der Waals surface area contributed by atoms with Gasteiger partial charge in [-0.1, -0.05) is 0 Å². The number of piperidine rings is 1. The highest BCUT2D eigenvalue weighted by molar-refractivity contribution is 5.95. The molecule has 1 aliphatic carbocycles. The minimum absolute atomic E-state index is 0.00590. The van der Waals surface area contributed by atoms with Crippen molar-refractivity contribution in [3.63, 3.8) is 0 Å². The van der Waals surface area contributed by atoms with Crippen LogP contribution in [0.15, 0.2) is 16.7 Å². The number of furan rings is 1. The van der Waals surface area contributed by atoms with E-state index in [1.54, 1.807) is 17.9 Å². The second-order valence-corrected chi connectivity index (χ2v) is 5.64. The number of hydrogen-bond donors (Lipinski definition) is 1. The van der Waals surface area contributed by atoms with Crippen LogP contribution in [0, 0.1) is 18.3 Å². The smallest absolute Gasteiger partial charge is 0.307 e. The summed E-state index contributed by atoms with van der Waals surface area (Å²) in [6.45, 7) is 3.07. The van der Waals surface area contributed by atoms with Crippen LogP contribution >= 0.6 is 0 Å². The molecule has 1 aromatic rings. The van der Waals surface area contributed by atoms with Gasteiger partial charge in [0.25, 0.3) is 5.91 Å². The molecule has 1 atom stereocenters. The Morgan fingerprint density at radius 2 is 2.11 bits per heavy atom. The molecule has 1 saturated heterocycles. The molecule has 1 saturated carbocycles. The van der Waals surface area contributed by atoms with E-state index in [2.05, 4.69) is 0 Å². The molecule has 5 heteroatoms. The Kier molecular flexibility index (Phi) is 2.66. The van der Waals surface area contributed by atoms with Crippen LogP contribution in [0.25, 0.3) is 0 Å². The molecule has 2 aliphatic rings. The number of likely N-dealkylation sites (tertiary alicyclic amines) is 1. The Hall–Kier alpha value is -1.78. The first-order valence-corrected chi connectivity index (χ1v) is 6.60. The van der Waals surface area contributed by atoms with Crippen molar-refractivity contribution in [3.05, 3.63) is 23.7 Å². The first-order valence-electron chi connectivity index (χ1n) is 6.60. The second-order valence-electron chi connectivity index (χ2n) is 5.64. The number of nitrogens with zero attached hydrogens (tertiary/aromatic N) is 1. The Morgan fingerprint density at radius 1 is 1.42 bits per heavy atom. The average molecular weight is 263 g/mol. The van der Waals surface area contributed by atoms with Crippen LogP contribution in [0.5, 0.6) is 0 Å². The van der Waals surface area contributed by atoms with Crippen molar-refractivity contribution in [1.29, 1.82) is 0 Å². The fourth-order valence-corrected chi connectivity index (χ4v) is 3.18. The molecular formula is C14H17NO4. The van der Waals surface area contributed by atoms with Crippen molar-refractivity contribution in [1.82, 2.24) is 4.90 Å². The van der Waals surface area contributed by atoms with E-state index >= 15 is 0 Å². The third kappa shape index (κ3) is 1.93. The molecule has 1 spiro atoms. The molecule has 2 heterocycles. The number of carbonyl (C=O) groups is 2. The number of carbonyl (C=O) groups excluding carboxylic acids is 1. The summed E-state index contributed by atoms with van der Waals surface area (Å²) in [4.78, 5) is 25.1. The number of hydrogen-bond acceptors (Lipinski definition) is 3. The third-order valence-corrected chi connectivity index (χ3v) is 4.62. The molecule has 1 unspecified atom stereocenters. The number of carboxylic acids is 1. The molecular weight excluding hydrogens is 246 g/mol. The molecule has 3 rings (SSSR count). The zero-order valence-electron chi connectivity index (χ0n) is 10.9. The predicted molar refractivity (Wildman–Crippen MR) is 66.8 cm³/mol. The van der Waals surface area contributed by atoms with Gasteiger partial charge in [0.2, 0.25) is 0 Å². The van der Waals surface area contributed by atoms with Gasteiger partial charge in [0.1, 0.15) is 5.76 Å². The highest BCUT2D eigenvalue weighted by Gasteiger charge is 2.59. The Labute approximate surface area is 111 Å². The summed E-state index contributed by atoms with van der Waals surface area (Å²) in [6.07, 6.45) is 3.89. The summed E-state index contributed by atoms with van der Waals surface area (Å²) >= 11 is 0. The van der Waals surface area contributed by atoms with E-state index in [-0.39, 0.29) is 17.2 Å². The minimum atomic E-state index is -0.689. The van der Waals surface area contributed by atoms with Gasteiger partial charge in [-0.25, -0.2) is 0 Å². The number of aliphatic carboxylic acids is 1. The summed E-state index contributed by atoms with van der Waals surface area (Å²) < 4.78 is 5.15. The number of amides is 1. The monoisotopic (exact) mass is 263 g/mol. The van der Waals surface area contributed by atoms with Crippen LogP contribution in [0.3, 0.4) is 0 Å². The Balaban J connectivity index is 1.64. The van der Waals surface area contributed by atoms with E-state index in [1.807, 2.05) is 0 Å². The lowest BCUT2D eigenvalue weighted by atomic mass is 9.90. The van der Waals surface area contributed by atoms with Crippen molar-refractivity contribution in [2.45, 2.75) is 26.2 Å². The zero-order chi connectivity index (χ0) is 13.6. The summed E-state index contributed by atoms with van der Waals surface area (Å²) in [5.74, 6) is -0.250. The molecule has 2 fully saturated rings. The van der Waals surface area contributed by atoms with Gasteiger partial charge in [0.15, 0.2) is 0 Å². The molecule has 19 heavy (non-hydrogen) atoms. The first-order chi connectivity index (χ1) is 9.03. The molecule has 0 radical (unpaired) electrons. The maximum atomic E-state index is 12.3. The second kappa shape index (κ2) is 4.11. The molecule has 1 amide bonds. The fraction of sp³-hybridized carbons (Fsp3) is 0.571. The maximum absolute atomic E-state index is 12.3. The van der Waals surface area contributed by atoms with Crippen LogP contribution in [0.2, 0.25) is 0 Å². The average Bonchev–Trinajstić information content (AvgIpc) is 2.92. The lowest BCUT2D eigenvalue weighted by Gasteiger charge is -2.32. The van der Waals surface area contributed by atoms with Gasteiger partial charge in [-0.05, 0) is 37.7 Å². The van der Waals surface area contributed by atoms with E-state index in [0.29, 0.717) is 24.4 Å². The summed E-state index contributed by atoms with van der Waals surface area (Å²) in [5, 5.41) is 9.04. The van der Waals surface area contributed by atoms with Gasteiger partial charge in [0, 0.05) is 13.1 Å². The highest BCUT2D eigenvalue weighted by atomic mass is 16.4. The number of aryl methyl sites for hydroxylation is 1. The number of carboxylic acid groups (broad SMARTS) is 1. The lowest BCUT2D eigenvalue weighted by molar-refractivity contribution is -0.139. The van der Waals surface area contributed by atoms with Crippen LogP contribution in [0.4, 0.5) is 0 Å². The van der Waals surface area contributed by atoms with Crippen LogP contribution in [0.1, 0.15) is 35.4 Å². The van der Waals surface area contributed by atoms with Crippen molar-refractivity contribution >= 4 is 11.9 Å². The third-order valence-electron chi connectivity index (χ3n) is 4.62. The normalized spacial score (nSPS) is 24.5. The first kappa shape index (κ1) is 12.3. The number of rotatable bonds is 2. The lowest BCUT2D eigenvalue weighted by Crippen LogP contribution is -2.40. The summed E-state index contributed by atoms with van der Waals surface area (Å²) in [5.41, 5.74) is 0.579. The SMILES string of the molecule is Cc1occc1C(=O)N1CCC2(CC1)CC2C(=O)O. The van der Waals surface area contributed by atoms with Crippen molar-refractivity contribution < 1.29 is 19.1 Å². The van der Waals surface area contributed by atoms with Crippen molar-refractivity contribution in [2.75, 3.05) is 13.1 Å². The van der Waals surface area contributed by atoms with E-state index in [9.17, 15) is 9.59 Å². The largest absolute Gasteiger partial charge is 0.481 e.